The van der Waals surface area contributed by atoms with Gasteiger partial charge >= 0.3 is 0 Å². The number of anilines is 1. The quantitative estimate of drug-likeness (QED) is 0.463. The Labute approximate surface area is 195 Å². The number of rotatable bonds is 3. The van der Waals surface area contributed by atoms with Gasteiger partial charge in [0.15, 0.2) is 5.82 Å². The zero-order chi connectivity index (χ0) is 23.7. The second-order valence-corrected chi connectivity index (χ2v) is 9.59. The molecular weight excluding hydrogens is 434 g/mol. The van der Waals surface area contributed by atoms with E-state index in [4.69, 9.17) is 10.7 Å². The lowest BCUT2D eigenvalue weighted by molar-refractivity contribution is 0.243. The first-order valence-electron chi connectivity index (χ1n) is 11.2. The van der Waals surface area contributed by atoms with E-state index in [2.05, 4.69) is 34.0 Å². The third-order valence-electron chi connectivity index (χ3n) is 7.74. The number of hydrogen-bond donors (Lipinski definition) is 1. The molecule has 3 aromatic heterocycles. The summed E-state index contributed by atoms with van der Waals surface area (Å²) in [4.78, 5) is 13.6. The summed E-state index contributed by atoms with van der Waals surface area (Å²) in [6.45, 7) is 4.42. The predicted octanol–water partition coefficient (Wildman–Crippen LogP) is 5.06. The van der Waals surface area contributed by atoms with Crippen molar-refractivity contribution in [2.24, 2.45) is 5.41 Å². The van der Waals surface area contributed by atoms with Crippen LogP contribution in [0.25, 0.3) is 22.6 Å². The summed E-state index contributed by atoms with van der Waals surface area (Å²) < 4.78 is 28.9. The minimum absolute atomic E-state index is 0.146. The average Bonchev–Trinajstić information content (AvgIpc) is 3.21. The molecule has 2 atom stereocenters. The normalized spacial score (nSPS) is 22.1. The van der Waals surface area contributed by atoms with Gasteiger partial charge in [0.05, 0.1) is 28.1 Å². The number of halogens is 2. The zero-order valence-corrected chi connectivity index (χ0v) is 18.8. The summed E-state index contributed by atoms with van der Waals surface area (Å²) in [5.41, 5.74) is 8.54. The van der Waals surface area contributed by atoms with Crippen LogP contribution in [0.15, 0.2) is 54.9 Å². The van der Waals surface area contributed by atoms with E-state index in [1.807, 2.05) is 18.2 Å². The lowest BCUT2D eigenvalue weighted by atomic mass is 9.66. The number of hydrogen-bond acceptors (Lipinski definition) is 6. The first kappa shape index (κ1) is 20.8. The molecule has 170 valence electrons. The fourth-order valence-electron chi connectivity index (χ4n) is 6.03. The molecule has 0 spiro atoms. The highest BCUT2D eigenvalue weighted by atomic mass is 19.1. The largest absolute Gasteiger partial charge is 0.384 e. The van der Waals surface area contributed by atoms with E-state index in [0.29, 0.717) is 11.6 Å². The van der Waals surface area contributed by atoms with Gasteiger partial charge in [0, 0.05) is 18.0 Å². The second-order valence-electron chi connectivity index (χ2n) is 9.59. The lowest BCUT2D eigenvalue weighted by Crippen LogP contribution is -2.38. The molecule has 2 bridgehead atoms. The van der Waals surface area contributed by atoms with Crippen LogP contribution in [0.3, 0.4) is 0 Å². The van der Waals surface area contributed by atoms with Gasteiger partial charge in [0.1, 0.15) is 17.5 Å². The summed E-state index contributed by atoms with van der Waals surface area (Å²) >= 11 is 0. The van der Waals surface area contributed by atoms with Crippen LogP contribution in [-0.2, 0) is 5.41 Å². The van der Waals surface area contributed by atoms with E-state index in [1.54, 1.807) is 18.5 Å². The van der Waals surface area contributed by atoms with Crippen LogP contribution in [0.1, 0.15) is 49.6 Å². The first-order chi connectivity index (χ1) is 16.3. The Hall–Kier alpha value is -3.81. The van der Waals surface area contributed by atoms with E-state index >= 15 is 0 Å². The predicted molar refractivity (Wildman–Crippen MR) is 124 cm³/mol. The Morgan fingerprint density at radius 3 is 2.53 bits per heavy atom. The standard InChI is InChI=1S/C26H22F2N6/c1-25(2)16-8-10-26(25,20-9-11-30-24(32-20)14-6-7-21(29)31-13-14)23-15(16)12-19(33-34-23)22-17(27)4-3-5-18(22)28/h3-7,9,11-13,16H,8,10H2,1-2H3,(H2,29,31)/t16-,26+/m0/s1. The molecule has 0 amide bonds. The van der Waals surface area contributed by atoms with Gasteiger partial charge in [-0.2, -0.15) is 5.10 Å². The topological polar surface area (TPSA) is 90.5 Å². The van der Waals surface area contributed by atoms with Crippen LogP contribution in [0.4, 0.5) is 14.6 Å². The van der Waals surface area contributed by atoms with Gasteiger partial charge in [-0.1, -0.05) is 19.9 Å². The maximum Gasteiger partial charge on any atom is 0.160 e. The molecule has 0 aliphatic heterocycles. The van der Waals surface area contributed by atoms with Crippen LogP contribution in [0.2, 0.25) is 0 Å². The van der Waals surface area contributed by atoms with E-state index in [1.165, 1.54) is 18.2 Å². The molecule has 0 saturated heterocycles. The first-order valence-corrected chi connectivity index (χ1v) is 11.2. The maximum atomic E-state index is 14.5. The van der Waals surface area contributed by atoms with E-state index in [0.717, 1.165) is 35.4 Å². The summed E-state index contributed by atoms with van der Waals surface area (Å²) in [5.74, 6) is -0.138. The van der Waals surface area contributed by atoms with Crippen molar-refractivity contribution in [3.05, 3.63) is 83.4 Å². The number of nitrogens with two attached hydrogens (primary N) is 1. The Morgan fingerprint density at radius 1 is 1.00 bits per heavy atom. The van der Waals surface area contributed by atoms with Crippen LogP contribution in [-0.4, -0.2) is 25.1 Å². The molecule has 2 aliphatic carbocycles. The van der Waals surface area contributed by atoms with Crippen LogP contribution >= 0.6 is 0 Å². The van der Waals surface area contributed by atoms with Gasteiger partial charge in [0.2, 0.25) is 0 Å². The van der Waals surface area contributed by atoms with Gasteiger partial charge in [-0.15, -0.1) is 5.10 Å². The van der Waals surface area contributed by atoms with E-state index in [9.17, 15) is 8.78 Å². The number of fused-ring (bicyclic) bond motifs is 5. The highest BCUT2D eigenvalue weighted by Gasteiger charge is 2.65. The Kier molecular flexibility index (Phi) is 4.33. The molecular formula is C26H22F2N6. The van der Waals surface area contributed by atoms with Crippen LogP contribution in [0, 0.1) is 17.0 Å². The number of benzene rings is 1. The van der Waals surface area contributed by atoms with Gasteiger partial charge in [0.25, 0.3) is 0 Å². The maximum absolute atomic E-state index is 14.5. The van der Waals surface area contributed by atoms with Crippen molar-refractivity contribution in [3.8, 4) is 22.6 Å². The number of aromatic nitrogens is 5. The van der Waals surface area contributed by atoms with Crippen molar-refractivity contribution in [1.82, 2.24) is 25.1 Å². The van der Waals surface area contributed by atoms with Crippen molar-refractivity contribution in [2.75, 3.05) is 5.73 Å². The molecule has 6 rings (SSSR count). The number of nitrogens with zero attached hydrogens (tertiary/aromatic N) is 5. The number of nitrogen functional groups attached to an aromatic ring is 1. The Balaban J connectivity index is 1.51. The van der Waals surface area contributed by atoms with Gasteiger partial charge in [-0.05, 0) is 66.1 Å². The van der Waals surface area contributed by atoms with Crippen molar-refractivity contribution < 1.29 is 8.78 Å². The SMILES string of the molecule is CC1(C)[C@H]2CC[C@@]1(c1ccnc(-c3ccc(N)nc3)n1)c1nnc(-c3c(F)cccc3F)cc12. The zero-order valence-electron chi connectivity index (χ0n) is 18.8. The van der Waals surface area contributed by atoms with Crippen molar-refractivity contribution >= 4 is 5.82 Å². The van der Waals surface area contributed by atoms with E-state index < -0.39 is 17.0 Å². The fourth-order valence-corrected chi connectivity index (χ4v) is 6.03. The number of pyridine rings is 1. The molecule has 4 aromatic rings. The monoisotopic (exact) mass is 456 g/mol. The third kappa shape index (κ3) is 2.68. The molecule has 6 nitrogen and oxygen atoms in total. The lowest BCUT2D eigenvalue weighted by Gasteiger charge is -2.37. The van der Waals surface area contributed by atoms with Crippen LogP contribution in [0.5, 0.6) is 0 Å². The highest BCUT2D eigenvalue weighted by Crippen LogP contribution is 2.69. The highest BCUT2D eigenvalue weighted by molar-refractivity contribution is 5.64. The molecule has 1 saturated carbocycles. The average molecular weight is 457 g/mol. The summed E-state index contributed by atoms with van der Waals surface area (Å²) in [6, 6.07) is 11.1. The summed E-state index contributed by atoms with van der Waals surface area (Å²) in [7, 11) is 0. The van der Waals surface area contributed by atoms with Crippen LogP contribution < -0.4 is 5.73 Å². The smallest absolute Gasteiger partial charge is 0.160 e. The molecule has 1 aromatic carbocycles. The van der Waals surface area contributed by atoms with Crippen molar-refractivity contribution in [2.45, 2.75) is 38.0 Å². The second kappa shape index (κ2) is 7.09. The molecule has 3 heterocycles. The van der Waals surface area contributed by atoms with E-state index in [-0.39, 0.29) is 22.6 Å². The van der Waals surface area contributed by atoms with Gasteiger partial charge < -0.3 is 5.73 Å². The molecule has 34 heavy (non-hydrogen) atoms. The molecule has 0 unspecified atom stereocenters. The summed E-state index contributed by atoms with van der Waals surface area (Å²) in [5, 5.41) is 8.88. The Morgan fingerprint density at radius 2 is 1.79 bits per heavy atom. The van der Waals surface area contributed by atoms with Gasteiger partial charge in [-0.25, -0.2) is 23.7 Å². The minimum Gasteiger partial charge on any atom is -0.384 e. The Bertz CT molecular complexity index is 1420. The van der Waals surface area contributed by atoms with Gasteiger partial charge in [-0.3, -0.25) is 0 Å². The minimum atomic E-state index is -0.649. The molecule has 1 fully saturated rings. The summed E-state index contributed by atoms with van der Waals surface area (Å²) in [6.07, 6.45) is 5.19. The fraction of sp³-hybridized carbons (Fsp3) is 0.269. The van der Waals surface area contributed by atoms with Crippen molar-refractivity contribution in [3.63, 3.8) is 0 Å². The molecule has 2 aliphatic rings. The molecule has 2 N–H and O–H groups in total. The van der Waals surface area contributed by atoms with Crippen molar-refractivity contribution in [1.29, 1.82) is 0 Å². The third-order valence-corrected chi connectivity index (χ3v) is 7.74. The molecule has 8 heteroatoms. The molecule has 0 radical (unpaired) electrons.